The molecule has 0 amide bonds. The molecule has 1 atom stereocenters. The molecule has 1 aromatic rings. The summed E-state index contributed by atoms with van der Waals surface area (Å²) in [5.74, 6) is 3.39. The van der Waals surface area contributed by atoms with E-state index in [0.29, 0.717) is 6.04 Å². The Labute approximate surface area is 121 Å². The highest BCUT2D eigenvalue weighted by Gasteiger charge is 2.19. The maximum atomic E-state index is 5.89. The van der Waals surface area contributed by atoms with E-state index in [4.69, 9.17) is 4.42 Å². The molecule has 0 radical (unpaired) electrons. The lowest BCUT2D eigenvalue weighted by atomic mass is 10.3. The lowest BCUT2D eigenvalue weighted by Gasteiger charge is -2.31. The van der Waals surface area contributed by atoms with Crippen molar-refractivity contribution in [3.8, 4) is 0 Å². The highest BCUT2D eigenvalue weighted by Crippen LogP contribution is 2.22. The van der Waals surface area contributed by atoms with Crippen molar-refractivity contribution in [2.45, 2.75) is 51.6 Å². The van der Waals surface area contributed by atoms with Crippen molar-refractivity contribution in [2.75, 3.05) is 18.8 Å². The Balaban J connectivity index is 1.82. The van der Waals surface area contributed by atoms with Crippen LogP contribution in [0.15, 0.2) is 16.5 Å². The Kier molecular flexibility index (Phi) is 5.79. The van der Waals surface area contributed by atoms with Gasteiger partial charge in [-0.25, -0.2) is 0 Å². The van der Waals surface area contributed by atoms with E-state index in [1.54, 1.807) is 0 Å². The fourth-order valence-corrected chi connectivity index (χ4v) is 3.55. The highest BCUT2D eigenvalue weighted by atomic mass is 32.2. The highest BCUT2D eigenvalue weighted by molar-refractivity contribution is 8.00. The van der Waals surface area contributed by atoms with Crippen LogP contribution in [0.25, 0.3) is 0 Å². The van der Waals surface area contributed by atoms with Gasteiger partial charge in [0.2, 0.25) is 0 Å². The molecular weight excluding hydrogens is 256 g/mol. The van der Waals surface area contributed by atoms with Crippen molar-refractivity contribution in [3.05, 3.63) is 23.7 Å². The van der Waals surface area contributed by atoms with E-state index in [0.717, 1.165) is 29.9 Å². The van der Waals surface area contributed by atoms with Crippen LogP contribution in [-0.4, -0.2) is 35.0 Å². The number of rotatable bonds is 6. The molecule has 1 saturated heterocycles. The second-order valence-corrected chi connectivity index (χ2v) is 6.95. The summed E-state index contributed by atoms with van der Waals surface area (Å²) in [7, 11) is 0. The zero-order valence-electron chi connectivity index (χ0n) is 12.3. The van der Waals surface area contributed by atoms with Crippen LogP contribution in [0.2, 0.25) is 0 Å². The fraction of sp³-hybridized carbons (Fsp3) is 0.733. The van der Waals surface area contributed by atoms with Crippen LogP contribution in [0, 0.1) is 0 Å². The van der Waals surface area contributed by atoms with Gasteiger partial charge in [0.1, 0.15) is 11.5 Å². The predicted molar refractivity (Wildman–Crippen MR) is 82.5 cm³/mol. The Morgan fingerprint density at radius 1 is 1.42 bits per heavy atom. The van der Waals surface area contributed by atoms with Crippen molar-refractivity contribution >= 4 is 11.8 Å². The average Bonchev–Trinajstić information content (AvgIpc) is 2.84. The van der Waals surface area contributed by atoms with Gasteiger partial charge in [-0.05, 0) is 18.6 Å². The third-order valence-corrected chi connectivity index (χ3v) is 4.83. The number of nitrogens with one attached hydrogen (secondary N) is 1. The van der Waals surface area contributed by atoms with Gasteiger partial charge in [0.15, 0.2) is 0 Å². The molecule has 1 aliphatic heterocycles. The molecular formula is C15H26N2OS. The SMILES string of the molecule is CCC1CN(Cc2ccc(CNC(C)C)o2)CCS1. The lowest BCUT2D eigenvalue weighted by molar-refractivity contribution is 0.247. The third kappa shape index (κ3) is 4.86. The number of furan rings is 1. The van der Waals surface area contributed by atoms with Gasteiger partial charge < -0.3 is 9.73 Å². The monoisotopic (exact) mass is 282 g/mol. The Morgan fingerprint density at radius 2 is 2.21 bits per heavy atom. The smallest absolute Gasteiger partial charge is 0.118 e. The van der Waals surface area contributed by atoms with Crippen LogP contribution in [0.5, 0.6) is 0 Å². The average molecular weight is 282 g/mol. The molecule has 0 aromatic carbocycles. The van der Waals surface area contributed by atoms with Crippen LogP contribution in [0.3, 0.4) is 0 Å². The molecule has 0 spiro atoms. The van der Waals surface area contributed by atoms with E-state index in [9.17, 15) is 0 Å². The first-order chi connectivity index (χ1) is 9.17. The van der Waals surface area contributed by atoms with Crippen LogP contribution in [0.1, 0.15) is 38.7 Å². The van der Waals surface area contributed by atoms with Crippen molar-refractivity contribution < 1.29 is 4.42 Å². The Morgan fingerprint density at radius 3 is 2.95 bits per heavy atom. The maximum Gasteiger partial charge on any atom is 0.118 e. The van der Waals surface area contributed by atoms with E-state index in [1.165, 1.54) is 25.3 Å². The van der Waals surface area contributed by atoms with Crippen molar-refractivity contribution in [2.24, 2.45) is 0 Å². The molecule has 1 fully saturated rings. The van der Waals surface area contributed by atoms with Crippen LogP contribution >= 0.6 is 11.8 Å². The summed E-state index contributed by atoms with van der Waals surface area (Å²) in [6, 6.07) is 4.72. The summed E-state index contributed by atoms with van der Waals surface area (Å²) in [6.07, 6.45) is 1.27. The quantitative estimate of drug-likeness (QED) is 0.868. The molecule has 1 N–H and O–H groups in total. The summed E-state index contributed by atoms with van der Waals surface area (Å²) in [5, 5.41) is 4.18. The molecule has 0 aliphatic carbocycles. The molecule has 0 saturated carbocycles. The minimum atomic E-state index is 0.498. The maximum absolute atomic E-state index is 5.89. The van der Waals surface area contributed by atoms with Gasteiger partial charge in [-0.1, -0.05) is 20.8 Å². The summed E-state index contributed by atoms with van der Waals surface area (Å²) < 4.78 is 5.89. The van der Waals surface area contributed by atoms with Gasteiger partial charge >= 0.3 is 0 Å². The second-order valence-electron chi connectivity index (χ2n) is 5.54. The standard InChI is InChI=1S/C15H26N2OS/c1-4-15-11-17(7-8-19-15)10-14-6-5-13(18-14)9-16-12(2)3/h5-6,12,15-16H,4,7-11H2,1-3H3. The van der Waals surface area contributed by atoms with Crippen LogP contribution in [0.4, 0.5) is 0 Å². The molecule has 1 aliphatic rings. The van der Waals surface area contributed by atoms with E-state index in [1.807, 2.05) is 0 Å². The van der Waals surface area contributed by atoms with Crippen molar-refractivity contribution in [1.29, 1.82) is 0 Å². The van der Waals surface area contributed by atoms with Crippen molar-refractivity contribution in [3.63, 3.8) is 0 Å². The van der Waals surface area contributed by atoms with Gasteiger partial charge in [-0.15, -0.1) is 0 Å². The van der Waals surface area contributed by atoms with E-state index < -0.39 is 0 Å². The van der Waals surface area contributed by atoms with Gasteiger partial charge in [0.25, 0.3) is 0 Å². The first-order valence-corrected chi connectivity index (χ1v) is 8.37. The predicted octanol–water partition coefficient (Wildman–Crippen LogP) is 3.11. The third-order valence-electron chi connectivity index (χ3n) is 3.46. The molecule has 0 bridgehead atoms. The van der Waals surface area contributed by atoms with Gasteiger partial charge in [-0.3, -0.25) is 4.90 Å². The molecule has 3 nitrogen and oxygen atoms in total. The Bertz CT molecular complexity index is 378. The zero-order chi connectivity index (χ0) is 13.7. The number of nitrogens with zero attached hydrogens (tertiary/aromatic N) is 1. The number of hydrogen-bond acceptors (Lipinski definition) is 4. The van der Waals surface area contributed by atoms with Crippen molar-refractivity contribution in [1.82, 2.24) is 10.2 Å². The first-order valence-electron chi connectivity index (χ1n) is 7.32. The molecule has 2 heterocycles. The molecule has 2 rings (SSSR count). The second kappa shape index (κ2) is 7.36. The van der Waals surface area contributed by atoms with Crippen LogP contribution in [-0.2, 0) is 13.1 Å². The topological polar surface area (TPSA) is 28.4 Å². The summed E-state index contributed by atoms with van der Waals surface area (Å²) >= 11 is 2.11. The molecule has 19 heavy (non-hydrogen) atoms. The number of thioether (sulfide) groups is 1. The van der Waals surface area contributed by atoms with Gasteiger partial charge in [0, 0.05) is 30.1 Å². The number of hydrogen-bond donors (Lipinski definition) is 1. The molecule has 1 aromatic heterocycles. The minimum absolute atomic E-state index is 0.498. The molecule has 108 valence electrons. The van der Waals surface area contributed by atoms with Crippen LogP contribution < -0.4 is 5.32 Å². The van der Waals surface area contributed by atoms with E-state index in [2.05, 4.69) is 54.9 Å². The molecule has 4 heteroatoms. The van der Waals surface area contributed by atoms with E-state index >= 15 is 0 Å². The molecule has 1 unspecified atom stereocenters. The fourth-order valence-electron chi connectivity index (χ4n) is 2.30. The van der Waals surface area contributed by atoms with Gasteiger partial charge in [0.05, 0.1) is 13.1 Å². The Hall–Kier alpha value is -0.450. The summed E-state index contributed by atoms with van der Waals surface area (Å²) in [5.41, 5.74) is 0. The first kappa shape index (κ1) is 14.9. The largest absolute Gasteiger partial charge is 0.463 e. The minimum Gasteiger partial charge on any atom is -0.463 e. The summed E-state index contributed by atoms with van der Waals surface area (Å²) in [4.78, 5) is 2.52. The lowest BCUT2D eigenvalue weighted by Crippen LogP contribution is -2.36. The summed E-state index contributed by atoms with van der Waals surface area (Å²) in [6.45, 7) is 10.7. The zero-order valence-corrected chi connectivity index (χ0v) is 13.1. The van der Waals surface area contributed by atoms with Gasteiger partial charge in [-0.2, -0.15) is 11.8 Å². The van der Waals surface area contributed by atoms with E-state index in [-0.39, 0.29) is 0 Å². The normalized spacial score (nSPS) is 21.2.